The summed E-state index contributed by atoms with van der Waals surface area (Å²) in [6.45, 7) is 9.77. The highest BCUT2D eigenvalue weighted by Crippen LogP contribution is 2.64. The van der Waals surface area contributed by atoms with Crippen LogP contribution < -0.4 is 0 Å². The second kappa shape index (κ2) is 9.98. The lowest BCUT2D eigenvalue weighted by Gasteiger charge is -2.55. The van der Waals surface area contributed by atoms with Gasteiger partial charge in [-0.2, -0.15) is 0 Å². The van der Waals surface area contributed by atoms with Crippen LogP contribution in [0.1, 0.15) is 85.5 Å². The van der Waals surface area contributed by atoms with Crippen molar-refractivity contribution < 1.29 is 14.3 Å². The molecule has 0 saturated heterocycles. The van der Waals surface area contributed by atoms with Gasteiger partial charge >= 0.3 is 5.97 Å². The van der Waals surface area contributed by atoms with E-state index in [0.717, 1.165) is 48.5 Å². The van der Waals surface area contributed by atoms with Crippen molar-refractivity contribution in [2.24, 2.45) is 40.9 Å². The molecule has 4 saturated carbocycles. The Bertz CT molecular complexity index is 583. The van der Waals surface area contributed by atoms with Gasteiger partial charge in [-0.3, -0.25) is 0 Å². The van der Waals surface area contributed by atoms with Crippen LogP contribution in [0.4, 0.5) is 0 Å². The first-order valence-electron chi connectivity index (χ1n) is 12.4. The van der Waals surface area contributed by atoms with Gasteiger partial charge in [-0.1, -0.05) is 26.3 Å². The van der Waals surface area contributed by atoms with Crippen LogP contribution in [0.5, 0.6) is 0 Å². The molecule has 0 amide bonds. The van der Waals surface area contributed by atoms with Gasteiger partial charge in [0.05, 0.1) is 6.61 Å². The molecule has 0 radical (unpaired) electrons. The average molecular weight is 405 g/mol. The number of allylic oxidation sites excluding steroid dienone is 1. The summed E-state index contributed by atoms with van der Waals surface area (Å²) in [5.41, 5.74) is 1.63. The molecular formula is C26H44O3. The third-order valence-electron chi connectivity index (χ3n) is 8.89. The van der Waals surface area contributed by atoms with Crippen LogP contribution in [0.25, 0.3) is 0 Å². The normalized spacial score (nSPS) is 42.2. The Balaban J connectivity index is 0.00000117. The largest absolute Gasteiger partial charge is 0.463 e. The molecule has 29 heavy (non-hydrogen) atoms. The van der Waals surface area contributed by atoms with Gasteiger partial charge in [-0.05, 0) is 106 Å². The molecule has 0 heterocycles. The number of hydrogen-bond acceptors (Lipinski definition) is 3. The number of esters is 1. The van der Waals surface area contributed by atoms with Crippen molar-refractivity contribution in [2.75, 3.05) is 20.3 Å². The molecule has 0 spiro atoms. The van der Waals surface area contributed by atoms with Crippen molar-refractivity contribution in [1.29, 1.82) is 0 Å². The van der Waals surface area contributed by atoms with Gasteiger partial charge in [0.25, 0.3) is 0 Å². The highest BCUT2D eigenvalue weighted by molar-refractivity contribution is 5.83. The highest BCUT2D eigenvalue weighted by Gasteiger charge is 2.55. The first-order chi connectivity index (χ1) is 14.1. The van der Waals surface area contributed by atoms with Crippen LogP contribution in [0.15, 0.2) is 11.6 Å². The van der Waals surface area contributed by atoms with Crippen molar-refractivity contribution in [3.05, 3.63) is 11.6 Å². The monoisotopic (exact) mass is 404 g/mol. The van der Waals surface area contributed by atoms with Gasteiger partial charge in [-0.25, -0.2) is 4.79 Å². The van der Waals surface area contributed by atoms with E-state index in [0.29, 0.717) is 6.61 Å². The van der Waals surface area contributed by atoms with Gasteiger partial charge in [0, 0.05) is 19.8 Å². The Kier molecular flexibility index (Phi) is 7.87. The minimum Gasteiger partial charge on any atom is -0.463 e. The van der Waals surface area contributed by atoms with Crippen molar-refractivity contribution in [1.82, 2.24) is 0 Å². The van der Waals surface area contributed by atoms with E-state index in [1.165, 1.54) is 56.9 Å². The smallest absolute Gasteiger partial charge is 0.330 e. The van der Waals surface area contributed by atoms with E-state index in [2.05, 4.69) is 6.92 Å². The SMILES string of the molecule is CC.CCOC(=O)/C=C1\CCC2C3CCC4CC(COC)CCC4C3CCC12C. The average Bonchev–Trinajstić information content (AvgIpc) is 3.06. The van der Waals surface area contributed by atoms with Crippen molar-refractivity contribution >= 4 is 5.97 Å². The van der Waals surface area contributed by atoms with E-state index in [9.17, 15) is 4.79 Å². The maximum atomic E-state index is 12.1. The van der Waals surface area contributed by atoms with E-state index in [1.807, 2.05) is 34.0 Å². The van der Waals surface area contributed by atoms with E-state index in [-0.39, 0.29) is 11.4 Å². The summed E-state index contributed by atoms with van der Waals surface area (Å²) in [7, 11) is 1.85. The molecule has 7 atom stereocenters. The summed E-state index contributed by atoms with van der Waals surface area (Å²) in [5, 5.41) is 0. The van der Waals surface area contributed by atoms with Crippen molar-refractivity contribution in [3.8, 4) is 0 Å². The summed E-state index contributed by atoms with van der Waals surface area (Å²) >= 11 is 0. The third-order valence-corrected chi connectivity index (χ3v) is 8.89. The summed E-state index contributed by atoms with van der Waals surface area (Å²) in [4.78, 5) is 12.1. The molecule has 7 unspecified atom stereocenters. The molecule has 0 N–H and O–H groups in total. The Morgan fingerprint density at radius 2 is 1.83 bits per heavy atom. The standard InChI is InChI=1S/C24H38O3.C2H6/c1-4-27-23(25)14-18-7-10-22-21-9-6-17-13-16(15-26-3)5-8-19(17)20(21)11-12-24(18,22)2;1-2/h14,16-17,19-22H,4-13,15H2,1-3H3;1-2H3/b18-14+;. The van der Waals surface area contributed by atoms with Gasteiger partial charge in [0.15, 0.2) is 0 Å². The molecule has 4 fully saturated rings. The van der Waals surface area contributed by atoms with Crippen LogP contribution in [-0.2, 0) is 14.3 Å². The van der Waals surface area contributed by atoms with Crippen LogP contribution in [-0.4, -0.2) is 26.3 Å². The lowest BCUT2D eigenvalue weighted by Crippen LogP contribution is -2.47. The zero-order valence-corrected chi connectivity index (χ0v) is 19.5. The fourth-order valence-electron chi connectivity index (χ4n) is 7.75. The maximum absolute atomic E-state index is 12.1. The van der Waals surface area contributed by atoms with Gasteiger partial charge in [-0.15, -0.1) is 0 Å². The quantitative estimate of drug-likeness (QED) is 0.401. The van der Waals surface area contributed by atoms with Crippen molar-refractivity contribution in [3.63, 3.8) is 0 Å². The topological polar surface area (TPSA) is 35.5 Å². The van der Waals surface area contributed by atoms with E-state index in [4.69, 9.17) is 9.47 Å². The Hall–Kier alpha value is -0.830. The minimum atomic E-state index is -0.128. The first kappa shape index (κ1) is 22.8. The third kappa shape index (κ3) is 4.45. The van der Waals surface area contributed by atoms with Crippen LogP contribution in [0, 0.1) is 40.9 Å². The number of carbonyl (C=O) groups is 1. The molecule has 0 aromatic carbocycles. The second-order valence-electron chi connectivity index (χ2n) is 9.99. The predicted molar refractivity (Wildman–Crippen MR) is 119 cm³/mol. The lowest BCUT2D eigenvalue weighted by molar-refractivity contribution is -0.137. The van der Waals surface area contributed by atoms with Crippen LogP contribution in [0.3, 0.4) is 0 Å². The van der Waals surface area contributed by atoms with Gasteiger partial charge in [0.2, 0.25) is 0 Å². The maximum Gasteiger partial charge on any atom is 0.330 e. The second-order valence-corrected chi connectivity index (χ2v) is 9.99. The molecule has 0 aliphatic heterocycles. The van der Waals surface area contributed by atoms with Crippen molar-refractivity contribution in [2.45, 2.75) is 85.5 Å². The summed E-state index contributed by atoms with van der Waals surface area (Å²) in [6.07, 6.45) is 13.9. The first-order valence-corrected chi connectivity index (χ1v) is 12.4. The molecule has 4 rings (SSSR count). The molecule has 166 valence electrons. The number of methoxy groups -OCH3 is 1. The summed E-state index contributed by atoms with van der Waals surface area (Å²) in [5.74, 6) is 5.18. The van der Waals surface area contributed by atoms with Gasteiger partial charge < -0.3 is 9.47 Å². The number of hydrogen-bond donors (Lipinski definition) is 0. The zero-order chi connectivity index (χ0) is 21.0. The van der Waals surface area contributed by atoms with Crippen LogP contribution >= 0.6 is 0 Å². The molecule has 0 aromatic rings. The van der Waals surface area contributed by atoms with E-state index >= 15 is 0 Å². The number of ether oxygens (including phenoxy) is 2. The molecule has 0 aromatic heterocycles. The lowest BCUT2D eigenvalue weighted by atomic mass is 9.50. The molecule has 3 heteroatoms. The highest BCUT2D eigenvalue weighted by atomic mass is 16.5. The number of carbonyl (C=O) groups excluding carboxylic acids is 1. The minimum absolute atomic E-state index is 0.128. The van der Waals surface area contributed by atoms with E-state index < -0.39 is 0 Å². The Labute approximate surface area is 179 Å². The molecule has 4 aliphatic carbocycles. The van der Waals surface area contributed by atoms with E-state index in [1.54, 1.807) is 0 Å². The molecular weight excluding hydrogens is 360 g/mol. The fourth-order valence-corrected chi connectivity index (χ4v) is 7.75. The number of rotatable bonds is 4. The Morgan fingerprint density at radius 1 is 1.07 bits per heavy atom. The molecule has 0 bridgehead atoms. The number of fused-ring (bicyclic) bond motifs is 5. The summed E-state index contributed by atoms with van der Waals surface area (Å²) in [6, 6.07) is 0. The van der Waals surface area contributed by atoms with Gasteiger partial charge in [0.1, 0.15) is 0 Å². The fraction of sp³-hybridized carbons (Fsp3) is 0.885. The predicted octanol–water partition coefficient (Wildman–Crippen LogP) is 6.42. The Morgan fingerprint density at radius 3 is 2.55 bits per heavy atom. The van der Waals surface area contributed by atoms with Crippen LogP contribution in [0.2, 0.25) is 0 Å². The zero-order valence-electron chi connectivity index (χ0n) is 19.5. The molecule has 4 aliphatic rings. The summed E-state index contributed by atoms with van der Waals surface area (Å²) < 4.78 is 10.7. The molecule has 3 nitrogen and oxygen atoms in total.